The van der Waals surface area contributed by atoms with Crippen molar-refractivity contribution in [2.75, 3.05) is 5.73 Å². The highest BCUT2D eigenvalue weighted by molar-refractivity contribution is 5.86. The van der Waals surface area contributed by atoms with E-state index in [2.05, 4.69) is 4.98 Å². The molecule has 0 unspecified atom stereocenters. The largest absolute Gasteiger partial charge is 0.506 e. The van der Waals surface area contributed by atoms with Crippen molar-refractivity contribution in [1.82, 2.24) is 4.98 Å². The third-order valence-electron chi connectivity index (χ3n) is 2.91. The summed E-state index contributed by atoms with van der Waals surface area (Å²) in [5.74, 6) is 0.199. The molecule has 2 aromatic carbocycles. The standard InChI is InChI=1S/C15H12N2O/c16-12-7-4-10(5-8-12)13-9-6-11-2-1-3-14(18)15(11)17-13/h1-9,18H,16H2. The second-order valence-corrected chi connectivity index (χ2v) is 4.17. The summed E-state index contributed by atoms with van der Waals surface area (Å²) in [6, 6.07) is 16.8. The third kappa shape index (κ3) is 1.76. The molecular weight excluding hydrogens is 224 g/mol. The quantitative estimate of drug-likeness (QED) is 0.638. The lowest BCUT2D eigenvalue weighted by molar-refractivity contribution is 0.480. The maximum absolute atomic E-state index is 9.80. The van der Waals surface area contributed by atoms with E-state index in [1.54, 1.807) is 6.07 Å². The van der Waals surface area contributed by atoms with E-state index in [4.69, 9.17) is 5.73 Å². The Balaban J connectivity index is 2.18. The fourth-order valence-electron chi connectivity index (χ4n) is 1.95. The molecule has 0 bridgehead atoms. The third-order valence-corrected chi connectivity index (χ3v) is 2.91. The number of hydrogen-bond acceptors (Lipinski definition) is 3. The zero-order chi connectivity index (χ0) is 12.5. The fraction of sp³-hybridized carbons (Fsp3) is 0. The molecule has 0 saturated carbocycles. The van der Waals surface area contributed by atoms with Crippen molar-refractivity contribution in [1.29, 1.82) is 0 Å². The molecule has 0 aliphatic heterocycles. The SMILES string of the molecule is Nc1ccc(-c2ccc3cccc(O)c3n2)cc1. The number of para-hydroxylation sites is 1. The van der Waals surface area contributed by atoms with Crippen LogP contribution >= 0.6 is 0 Å². The molecule has 0 spiro atoms. The summed E-state index contributed by atoms with van der Waals surface area (Å²) in [6.45, 7) is 0. The number of rotatable bonds is 1. The first-order valence-corrected chi connectivity index (χ1v) is 5.69. The van der Waals surface area contributed by atoms with Crippen LogP contribution in [-0.4, -0.2) is 10.1 Å². The highest BCUT2D eigenvalue weighted by atomic mass is 16.3. The van der Waals surface area contributed by atoms with Gasteiger partial charge in [-0.05, 0) is 24.3 Å². The minimum atomic E-state index is 0.199. The predicted molar refractivity (Wildman–Crippen MR) is 73.3 cm³/mol. The van der Waals surface area contributed by atoms with E-state index in [1.165, 1.54) is 0 Å². The van der Waals surface area contributed by atoms with Gasteiger partial charge in [0.2, 0.25) is 0 Å². The number of phenols is 1. The summed E-state index contributed by atoms with van der Waals surface area (Å²) >= 11 is 0. The molecule has 0 aliphatic rings. The molecule has 0 amide bonds. The van der Waals surface area contributed by atoms with E-state index in [-0.39, 0.29) is 5.75 Å². The molecule has 3 rings (SSSR count). The predicted octanol–water partition coefficient (Wildman–Crippen LogP) is 3.19. The summed E-state index contributed by atoms with van der Waals surface area (Å²) in [5, 5.41) is 10.7. The van der Waals surface area contributed by atoms with Gasteiger partial charge in [-0.1, -0.05) is 30.3 Å². The molecular formula is C15H12N2O. The van der Waals surface area contributed by atoms with Crippen LogP contribution in [0.25, 0.3) is 22.2 Å². The molecule has 1 aromatic heterocycles. The summed E-state index contributed by atoms with van der Waals surface area (Å²) in [4.78, 5) is 4.48. The number of hydrogen-bond donors (Lipinski definition) is 2. The average Bonchev–Trinajstić information content (AvgIpc) is 2.40. The molecule has 3 nitrogen and oxygen atoms in total. The van der Waals surface area contributed by atoms with Gasteiger partial charge in [0.15, 0.2) is 0 Å². The highest BCUT2D eigenvalue weighted by Gasteiger charge is 2.04. The van der Waals surface area contributed by atoms with E-state index in [0.29, 0.717) is 5.52 Å². The summed E-state index contributed by atoms with van der Waals surface area (Å²) in [5.41, 5.74) is 8.80. The normalized spacial score (nSPS) is 10.7. The number of nitrogen functional groups attached to an aromatic ring is 1. The Labute approximate surface area is 105 Å². The van der Waals surface area contributed by atoms with Gasteiger partial charge in [-0.3, -0.25) is 0 Å². The van der Waals surface area contributed by atoms with Gasteiger partial charge in [0, 0.05) is 16.6 Å². The van der Waals surface area contributed by atoms with E-state index in [1.807, 2.05) is 48.5 Å². The molecule has 3 heteroatoms. The average molecular weight is 236 g/mol. The summed E-state index contributed by atoms with van der Waals surface area (Å²) in [7, 11) is 0. The number of anilines is 1. The summed E-state index contributed by atoms with van der Waals surface area (Å²) in [6.07, 6.45) is 0. The lowest BCUT2D eigenvalue weighted by Crippen LogP contribution is -1.87. The molecule has 3 aromatic rings. The van der Waals surface area contributed by atoms with E-state index >= 15 is 0 Å². The molecule has 0 fully saturated rings. The molecule has 0 aliphatic carbocycles. The van der Waals surface area contributed by atoms with Crippen molar-refractivity contribution in [3.8, 4) is 17.0 Å². The first kappa shape index (κ1) is 10.6. The van der Waals surface area contributed by atoms with Crippen molar-refractivity contribution >= 4 is 16.6 Å². The van der Waals surface area contributed by atoms with Crippen LogP contribution in [0.4, 0.5) is 5.69 Å². The Bertz CT molecular complexity index is 705. The second-order valence-electron chi connectivity index (χ2n) is 4.17. The molecule has 0 saturated heterocycles. The monoisotopic (exact) mass is 236 g/mol. The summed E-state index contributed by atoms with van der Waals surface area (Å²) < 4.78 is 0. The maximum atomic E-state index is 9.80. The molecule has 0 atom stereocenters. The number of benzene rings is 2. The fourth-order valence-corrected chi connectivity index (χ4v) is 1.95. The van der Waals surface area contributed by atoms with Crippen LogP contribution in [0.15, 0.2) is 54.6 Å². The van der Waals surface area contributed by atoms with E-state index in [9.17, 15) is 5.11 Å². The van der Waals surface area contributed by atoms with Crippen LogP contribution in [0.2, 0.25) is 0 Å². The lowest BCUT2D eigenvalue weighted by atomic mass is 10.1. The van der Waals surface area contributed by atoms with Crippen LogP contribution in [0.1, 0.15) is 0 Å². The molecule has 1 heterocycles. The zero-order valence-electron chi connectivity index (χ0n) is 9.67. The van der Waals surface area contributed by atoms with Gasteiger partial charge in [-0.15, -0.1) is 0 Å². The molecule has 18 heavy (non-hydrogen) atoms. The Morgan fingerprint density at radius 1 is 0.889 bits per heavy atom. The van der Waals surface area contributed by atoms with Crippen molar-refractivity contribution in [2.45, 2.75) is 0 Å². The van der Waals surface area contributed by atoms with Crippen molar-refractivity contribution in [3.63, 3.8) is 0 Å². The lowest BCUT2D eigenvalue weighted by Gasteiger charge is -2.05. The molecule has 3 N–H and O–H groups in total. The van der Waals surface area contributed by atoms with Crippen LogP contribution in [-0.2, 0) is 0 Å². The van der Waals surface area contributed by atoms with Crippen molar-refractivity contribution in [2.24, 2.45) is 0 Å². The minimum absolute atomic E-state index is 0.199. The van der Waals surface area contributed by atoms with Gasteiger partial charge in [0.05, 0.1) is 5.69 Å². The number of aromatic hydroxyl groups is 1. The first-order valence-electron chi connectivity index (χ1n) is 5.69. The van der Waals surface area contributed by atoms with Gasteiger partial charge in [-0.2, -0.15) is 0 Å². The van der Waals surface area contributed by atoms with Crippen molar-refractivity contribution in [3.05, 3.63) is 54.6 Å². The molecule has 0 radical (unpaired) electrons. The second kappa shape index (κ2) is 4.04. The van der Waals surface area contributed by atoms with Crippen LogP contribution < -0.4 is 5.73 Å². The molecule has 88 valence electrons. The number of nitrogens with zero attached hydrogens (tertiary/aromatic N) is 1. The Kier molecular flexibility index (Phi) is 2.38. The topological polar surface area (TPSA) is 59.1 Å². The number of fused-ring (bicyclic) bond motifs is 1. The van der Waals surface area contributed by atoms with Gasteiger partial charge in [0.25, 0.3) is 0 Å². The van der Waals surface area contributed by atoms with Gasteiger partial charge < -0.3 is 10.8 Å². The van der Waals surface area contributed by atoms with Crippen molar-refractivity contribution < 1.29 is 5.11 Å². The van der Waals surface area contributed by atoms with E-state index < -0.39 is 0 Å². The Hall–Kier alpha value is -2.55. The Morgan fingerprint density at radius 2 is 1.67 bits per heavy atom. The number of pyridine rings is 1. The van der Waals surface area contributed by atoms with Crippen LogP contribution in [0.5, 0.6) is 5.75 Å². The van der Waals surface area contributed by atoms with Gasteiger partial charge in [0.1, 0.15) is 11.3 Å². The number of aromatic nitrogens is 1. The first-order chi connectivity index (χ1) is 8.74. The van der Waals surface area contributed by atoms with Crippen LogP contribution in [0.3, 0.4) is 0 Å². The number of nitrogens with two attached hydrogens (primary N) is 1. The Morgan fingerprint density at radius 3 is 2.44 bits per heavy atom. The smallest absolute Gasteiger partial charge is 0.141 e. The van der Waals surface area contributed by atoms with Crippen LogP contribution in [0, 0.1) is 0 Å². The zero-order valence-corrected chi connectivity index (χ0v) is 9.67. The van der Waals surface area contributed by atoms with E-state index in [0.717, 1.165) is 22.3 Å². The highest BCUT2D eigenvalue weighted by Crippen LogP contribution is 2.26. The maximum Gasteiger partial charge on any atom is 0.141 e. The number of phenolic OH excluding ortho intramolecular Hbond substituents is 1. The van der Waals surface area contributed by atoms with Gasteiger partial charge in [-0.25, -0.2) is 4.98 Å². The minimum Gasteiger partial charge on any atom is -0.506 e. The van der Waals surface area contributed by atoms with Gasteiger partial charge >= 0.3 is 0 Å².